The highest BCUT2D eigenvalue weighted by molar-refractivity contribution is 5.96. The number of H-pyrrole nitrogens is 1. The lowest BCUT2D eigenvalue weighted by molar-refractivity contribution is 0.0321. The van der Waals surface area contributed by atoms with Crippen LogP contribution in [0.2, 0.25) is 0 Å². The first-order chi connectivity index (χ1) is 16.8. The van der Waals surface area contributed by atoms with Crippen molar-refractivity contribution in [2.24, 2.45) is 0 Å². The summed E-state index contributed by atoms with van der Waals surface area (Å²) in [6.07, 6.45) is 5.30. The average Bonchev–Trinajstić information content (AvgIpc) is 3.29. The molecule has 0 amide bonds. The van der Waals surface area contributed by atoms with Gasteiger partial charge in [-0.3, -0.25) is 20.0 Å². The molecule has 176 valence electrons. The Bertz CT molecular complexity index is 1220. The van der Waals surface area contributed by atoms with Gasteiger partial charge in [-0.15, -0.1) is 5.10 Å². The Morgan fingerprint density at radius 2 is 2.03 bits per heavy atom. The van der Waals surface area contributed by atoms with Crippen molar-refractivity contribution in [3.8, 4) is 11.6 Å². The van der Waals surface area contributed by atoms with Crippen molar-refractivity contribution < 1.29 is 14.2 Å². The van der Waals surface area contributed by atoms with E-state index < -0.39 is 0 Å². The third-order valence-corrected chi connectivity index (χ3v) is 5.74. The predicted octanol–water partition coefficient (Wildman–Crippen LogP) is 3.69. The van der Waals surface area contributed by atoms with E-state index in [0.717, 1.165) is 72.1 Å². The Morgan fingerprint density at radius 3 is 2.85 bits per heavy atom. The van der Waals surface area contributed by atoms with Gasteiger partial charge in [0.15, 0.2) is 0 Å². The molecule has 34 heavy (non-hydrogen) atoms. The maximum absolute atomic E-state index is 6.04. The number of rotatable bonds is 9. The minimum absolute atomic E-state index is 0.428. The molecule has 5 rings (SSSR count). The fourth-order valence-electron chi connectivity index (χ4n) is 3.92. The normalized spacial score (nSPS) is 14.3. The highest BCUT2D eigenvalue weighted by atomic mass is 16.5. The van der Waals surface area contributed by atoms with Gasteiger partial charge in [-0.1, -0.05) is 6.07 Å². The van der Waals surface area contributed by atoms with Crippen molar-refractivity contribution in [1.82, 2.24) is 25.1 Å². The molecule has 0 saturated carbocycles. The number of aryl methyl sites for hydroxylation is 1. The number of aromatic nitrogens is 4. The Hall–Kier alpha value is -3.69. The van der Waals surface area contributed by atoms with E-state index in [2.05, 4.69) is 30.4 Å². The van der Waals surface area contributed by atoms with Crippen LogP contribution >= 0.6 is 0 Å². The number of nitrogens with one attached hydrogen (secondary N) is 2. The van der Waals surface area contributed by atoms with E-state index in [4.69, 9.17) is 14.2 Å². The number of hydrogen-bond acceptors (Lipinski definition) is 8. The number of morpholine rings is 1. The van der Waals surface area contributed by atoms with Crippen LogP contribution in [0.5, 0.6) is 11.6 Å². The summed E-state index contributed by atoms with van der Waals surface area (Å²) in [6.45, 7) is 7.26. The van der Waals surface area contributed by atoms with Crippen molar-refractivity contribution in [2.75, 3.05) is 44.8 Å². The summed E-state index contributed by atoms with van der Waals surface area (Å²) in [5.74, 6) is 1.39. The third kappa shape index (κ3) is 5.27. The molecule has 0 spiro atoms. The number of ether oxygens (including phenoxy) is 3. The molecular formula is C25H28N6O3. The van der Waals surface area contributed by atoms with E-state index in [1.165, 1.54) is 0 Å². The first-order valence-electron chi connectivity index (χ1n) is 11.4. The highest BCUT2D eigenvalue weighted by Crippen LogP contribution is 2.32. The molecule has 9 nitrogen and oxygen atoms in total. The Kier molecular flexibility index (Phi) is 6.83. The van der Waals surface area contributed by atoms with Crippen molar-refractivity contribution in [3.63, 3.8) is 0 Å². The molecule has 0 unspecified atom stereocenters. The van der Waals surface area contributed by atoms with E-state index in [1.807, 2.05) is 43.3 Å². The number of aromatic amines is 1. The average molecular weight is 461 g/mol. The quantitative estimate of drug-likeness (QED) is 0.390. The van der Waals surface area contributed by atoms with Gasteiger partial charge < -0.3 is 19.5 Å². The van der Waals surface area contributed by atoms with Crippen LogP contribution in [0.3, 0.4) is 0 Å². The number of pyridine rings is 2. The van der Waals surface area contributed by atoms with Gasteiger partial charge in [-0.05, 0) is 42.8 Å². The first kappa shape index (κ1) is 22.1. The van der Waals surface area contributed by atoms with E-state index >= 15 is 0 Å². The summed E-state index contributed by atoms with van der Waals surface area (Å²) in [5.41, 5.74) is 4.49. The second-order valence-corrected chi connectivity index (χ2v) is 8.16. The lowest BCUT2D eigenvalue weighted by Gasteiger charge is -2.26. The maximum atomic E-state index is 6.04. The van der Waals surface area contributed by atoms with Gasteiger partial charge in [0, 0.05) is 31.5 Å². The number of hydrogen-bond donors (Lipinski definition) is 2. The third-order valence-electron chi connectivity index (χ3n) is 5.74. The Labute approximate surface area is 198 Å². The van der Waals surface area contributed by atoms with E-state index in [9.17, 15) is 0 Å². The molecule has 1 fully saturated rings. The van der Waals surface area contributed by atoms with Crippen molar-refractivity contribution >= 4 is 22.3 Å². The summed E-state index contributed by atoms with van der Waals surface area (Å²) < 4.78 is 17.4. The molecule has 4 aromatic rings. The molecule has 0 aliphatic carbocycles. The van der Waals surface area contributed by atoms with Gasteiger partial charge in [0.25, 0.3) is 0 Å². The fourth-order valence-corrected chi connectivity index (χ4v) is 3.92. The first-order valence-corrected chi connectivity index (χ1v) is 11.4. The molecule has 1 saturated heterocycles. The second kappa shape index (κ2) is 10.5. The van der Waals surface area contributed by atoms with Crippen LogP contribution in [0.15, 0.2) is 55.0 Å². The molecule has 0 bridgehead atoms. The second-order valence-electron chi connectivity index (χ2n) is 8.16. The van der Waals surface area contributed by atoms with Crippen LogP contribution in [0.4, 0.5) is 11.4 Å². The lowest BCUT2D eigenvalue weighted by atomic mass is 10.2. The number of anilines is 2. The lowest BCUT2D eigenvalue weighted by Crippen LogP contribution is -2.38. The molecular weight excluding hydrogens is 432 g/mol. The fraction of sp³-hybridized carbons (Fsp3) is 0.320. The summed E-state index contributed by atoms with van der Waals surface area (Å²) in [4.78, 5) is 11.0. The largest absolute Gasteiger partial charge is 0.487 e. The van der Waals surface area contributed by atoms with E-state index in [-0.39, 0.29) is 0 Å². The van der Waals surface area contributed by atoms with E-state index in [0.29, 0.717) is 19.1 Å². The minimum Gasteiger partial charge on any atom is -0.487 e. The molecule has 1 aliphatic rings. The van der Waals surface area contributed by atoms with Gasteiger partial charge >= 0.3 is 0 Å². The van der Waals surface area contributed by atoms with Crippen molar-refractivity contribution in [3.05, 3.63) is 66.2 Å². The zero-order valence-corrected chi connectivity index (χ0v) is 19.2. The van der Waals surface area contributed by atoms with Gasteiger partial charge in [-0.2, -0.15) is 0 Å². The van der Waals surface area contributed by atoms with Crippen LogP contribution < -0.4 is 14.8 Å². The molecule has 9 heteroatoms. The van der Waals surface area contributed by atoms with Crippen molar-refractivity contribution in [2.45, 2.75) is 13.5 Å². The molecule has 4 heterocycles. The summed E-state index contributed by atoms with van der Waals surface area (Å²) in [5, 5.41) is 11.7. The maximum Gasteiger partial charge on any atom is 0.242 e. The molecule has 3 aromatic heterocycles. The summed E-state index contributed by atoms with van der Waals surface area (Å²) >= 11 is 0. The molecule has 0 radical (unpaired) electrons. The van der Waals surface area contributed by atoms with Gasteiger partial charge in [-0.25, -0.2) is 0 Å². The number of fused-ring (bicyclic) bond motifs is 1. The molecule has 1 aliphatic heterocycles. The number of benzene rings is 1. The topological polar surface area (TPSA) is 97.4 Å². The Morgan fingerprint density at radius 1 is 1.12 bits per heavy atom. The van der Waals surface area contributed by atoms with Crippen LogP contribution in [-0.2, 0) is 11.3 Å². The van der Waals surface area contributed by atoms with E-state index in [1.54, 1.807) is 18.6 Å². The summed E-state index contributed by atoms with van der Waals surface area (Å²) in [6, 6.07) is 11.8. The highest BCUT2D eigenvalue weighted by Gasteiger charge is 2.15. The molecule has 2 N–H and O–H groups in total. The van der Waals surface area contributed by atoms with Crippen molar-refractivity contribution in [1.29, 1.82) is 0 Å². The standard InChI is InChI=1S/C25H28N6O3/c1-18-14-19(5-6-23(18)34-17-20-4-2-3-7-27-20)28-21-15-26-16-22-24(21)25(30-29-22)33-13-10-31-8-11-32-12-9-31/h2-7,14-16,28H,8-13,17H2,1H3,(H,29,30). The van der Waals surface area contributed by atoms with Gasteiger partial charge in [0.1, 0.15) is 19.0 Å². The number of nitrogens with zero attached hydrogens (tertiary/aromatic N) is 4. The van der Waals surface area contributed by atoms with Crippen LogP contribution in [0.1, 0.15) is 11.3 Å². The SMILES string of the molecule is Cc1cc(Nc2cncc3[nH]nc(OCCN4CCOCC4)c23)ccc1OCc1ccccn1. The monoisotopic (exact) mass is 460 g/mol. The van der Waals surface area contributed by atoms with Gasteiger partial charge in [0.2, 0.25) is 5.88 Å². The van der Waals surface area contributed by atoms with Crippen LogP contribution in [-0.4, -0.2) is 64.5 Å². The predicted molar refractivity (Wildman–Crippen MR) is 130 cm³/mol. The van der Waals surface area contributed by atoms with Crippen LogP contribution in [0.25, 0.3) is 10.9 Å². The van der Waals surface area contributed by atoms with Gasteiger partial charge in [0.05, 0.1) is 47.9 Å². The zero-order chi connectivity index (χ0) is 23.2. The Balaban J connectivity index is 1.26. The molecule has 1 aromatic carbocycles. The zero-order valence-electron chi connectivity index (χ0n) is 19.2. The molecule has 0 atom stereocenters. The minimum atomic E-state index is 0.428. The van der Waals surface area contributed by atoms with Crippen LogP contribution in [0, 0.1) is 6.92 Å². The summed E-state index contributed by atoms with van der Waals surface area (Å²) in [7, 11) is 0. The smallest absolute Gasteiger partial charge is 0.242 e.